The molecule has 5 heteroatoms. The fourth-order valence-corrected chi connectivity index (χ4v) is 3.21. The monoisotopic (exact) mass is 326 g/mol. The normalized spacial score (nSPS) is 19.4. The summed E-state index contributed by atoms with van der Waals surface area (Å²) in [5.41, 5.74) is 1.25. The second kappa shape index (κ2) is 8.22. The number of likely N-dealkylation sites (N-methyl/N-ethyl adjacent to an activating group) is 1. The SMILES string of the molecule is Cc1nc(CN2CCCC(N(C)C/C=C/c3ccccc3)C2)no1. The number of piperidine rings is 1. The van der Waals surface area contributed by atoms with E-state index in [1.54, 1.807) is 0 Å². The van der Waals surface area contributed by atoms with E-state index in [4.69, 9.17) is 4.52 Å². The Balaban J connectivity index is 1.49. The predicted molar refractivity (Wildman–Crippen MR) is 95.4 cm³/mol. The molecule has 0 spiro atoms. The standard InChI is InChI=1S/C19H26N4O/c1-16-20-19(21-24-16)15-23-13-7-11-18(14-23)22(2)12-6-10-17-8-4-3-5-9-17/h3-6,8-10,18H,7,11-15H2,1-2H3/b10-6+. The molecule has 5 nitrogen and oxygen atoms in total. The zero-order chi connectivity index (χ0) is 16.8. The summed E-state index contributed by atoms with van der Waals surface area (Å²) in [6.07, 6.45) is 6.90. The van der Waals surface area contributed by atoms with Gasteiger partial charge < -0.3 is 4.52 Å². The van der Waals surface area contributed by atoms with E-state index in [2.05, 4.69) is 63.4 Å². The lowest BCUT2D eigenvalue weighted by Gasteiger charge is -2.36. The number of likely N-dealkylation sites (tertiary alicyclic amines) is 1. The van der Waals surface area contributed by atoms with Gasteiger partial charge in [-0.15, -0.1) is 0 Å². The van der Waals surface area contributed by atoms with Crippen molar-refractivity contribution in [1.82, 2.24) is 19.9 Å². The van der Waals surface area contributed by atoms with Gasteiger partial charge >= 0.3 is 0 Å². The van der Waals surface area contributed by atoms with Crippen molar-refractivity contribution in [3.63, 3.8) is 0 Å². The van der Waals surface area contributed by atoms with Crippen LogP contribution in [0, 0.1) is 6.92 Å². The summed E-state index contributed by atoms with van der Waals surface area (Å²) in [6.45, 7) is 5.75. The van der Waals surface area contributed by atoms with Crippen molar-refractivity contribution < 1.29 is 4.52 Å². The number of hydrogen-bond acceptors (Lipinski definition) is 5. The van der Waals surface area contributed by atoms with Crippen molar-refractivity contribution in [3.8, 4) is 0 Å². The minimum Gasteiger partial charge on any atom is -0.340 e. The number of aromatic nitrogens is 2. The zero-order valence-corrected chi connectivity index (χ0v) is 14.6. The molecule has 1 aliphatic rings. The molecular formula is C19H26N4O. The van der Waals surface area contributed by atoms with E-state index in [1.165, 1.54) is 18.4 Å². The number of rotatable bonds is 6. The lowest BCUT2D eigenvalue weighted by molar-refractivity contribution is 0.116. The highest BCUT2D eigenvalue weighted by Crippen LogP contribution is 2.16. The number of hydrogen-bond donors (Lipinski definition) is 0. The van der Waals surface area contributed by atoms with Crippen molar-refractivity contribution in [2.24, 2.45) is 0 Å². The van der Waals surface area contributed by atoms with Crippen LogP contribution in [-0.4, -0.2) is 52.7 Å². The Morgan fingerprint density at radius 1 is 1.33 bits per heavy atom. The Morgan fingerprint density at radius 3 is 2.92 bits per heavy atom. The average molecular weight is 326 g/mol. The molecule has 1 aromatic carbocycles. The van der Waals surface area contributed by atoms with Gasteiger partial charge in [0.05, 0.1) is 6.54 Å². The van der Waals surface area contributed by atoms with Crippen LogP contribution in [-0.2, 0) is 6.54 Å². The molecule has 2 aromatic rings. The van der Waals surface area contributed by atoms with E-state index in [0.717, 1.165) is 32.0 Å². The zero-order valence-electron chi connectivity index (χ0n) is 14.6. The quantitative estimate of drug-likeness (QED) is 0.816. The van der Waals surface area contributed by atoms with Crippen LogP contribution < -0.4 is 0 Å². The molecule has 2 heterocycles. The summed E-state index contributed by atoms with van der Waals surface area (Å²) in [6, 6.07) is 11.0. The van der Waals surface area contributed by atoms with Crippen molar-refractivity contribution in [2.45, 2.75) is 32.4 Å². The van der Waals surface area contributed by atoms with Gasteiger partial charge in [0.2, 0.25) is 5.89 Å². The third-order valence-electron chi connectivity index (χ3n) is 4.54. The highest BCUT2D eigenvalue weighted by Gasteiger charge is 2.23. The summed E-state index contributed by atoms with van der Waals surface area (Å²) in [5.74, 6) is 1.43. The number of benzene rings is 1. The maximum atomic E-state index is 5.07. The second-order valence-corrected chi connectivity index (χ2v) is 6.51. The average Bonchev–Trinajstić information content (AvgIpc) is 3.01. The van der Waals surface area contributed by atoms with Gasteiger partial charge in [-0.05, 0) is 32.0 Å². The predicted octanol–water partition coefficient (Wildman–Crippen LogP) is 2.99. The minimum atomic E-state index is 0.576. The van der Waals surface area contributed by atoms with Crippen LogP contribution in [0.3, 0.4) is 0 Å². The Labute approximate surface area is 144 Å². The van der Waals surface area contributed by atoms with E-state index < -0.39 is 0 Å². The minimum absolute atomic E-state index is 0.576. The van der Waals surface area contributed by atoms with Gasteiger partial charge in [0.25, 0.3) is 0 Å². The van der Waals surface area contributed by atoms with Gasteiger partial charge in [-0.25, -0.2) is 0 Å². The van der Waals surface area contributed by atoms with Crippen LogP contribution in [0.2, 0.25) is 0 Å². The molecule has 24 heavy (non-hydrogen) atoms. The molecule has 0 radical (unpaired) electrons. The lowest BCUT2D eigenvalue weighted by Crippen LogP contribution is -2.46. The van der Waals surface area contributed by atoms with Crippen LogP contribution in [0.5, 0.6) is 0 Å². The van der Waals surface area contributed by atoms with E-state index in [-0.39, 0.29) is 0 Å². The molecule has 0 N–H and O–H groups in total. The first-order valence-corrected chi connectivity index (χ1v) is 8.64. The number of nitrogens with zero attached hydrogens (tertiary/aromatic N) is 4. The van der Waals surface area contributed by atoms with E-state index in [9.17, 15) is 0 Å². The van der Waals surface area contributed by atoms with Gasteiger partial charge in [-0.2, -0.15) is 4.98 Å². The van der Waals surface area contributed by atoms with Crippen molar-refractivity contribution >= 4 is 6.08 Å². The molecule has 0 saturated carbocycles. The summed E-state index contributed by atoms with van der Waals surface area (Å²) in [4.78, 5) is 9.18. The molecule has 128 valence electrons. The Bertz CT molecular complexity index is 652. The molecule has 0 bridgehead atoms. The summed E-state index contributed by atoms with van der Waals surface area (Å²) in [7, 11) is 2.21. The first-order chi connectivity index (χ1) is 11.7. The summed E-state index contributed by atoms with van der Waals surface area (Å²) < 4.78 is 5.07. The van der Waals surface area contributed by atoms with Gasteiger partial charge in [0.15, 0.2) is 5.82 Å². The molecule has 3 rings (SSSR count). The smallest absolute Gasteiger partial charge is 0.223 e. The fraction of sp³-hybridized carbons (Fsp3) is 0.474. The number of aryl methyl sites for hydroxylation is 1. The first-order valence-electron chi connectivity index (χ1n) is 8.64. The van der Waals surface area contributed by atoms with Gasteiger partial charge in [-0.3, -0.25) is 9.80 Å². The van der Waals surface area contributed by atoms with Crippen LogP contribution in [0.25, 0.3) is 6.08 Å². The molecule has 1 aromatic heterocycles. The van der Waals surface area contributed by atoms with E-state index in [1.807, 2.05) is 13.0 Å². The highest BCUT2D eigenvalue weighted by atomic mass is 16.5. The summed E-state index contributed by atoms with van der Waals surface area (Å²) in [5, 5.41) is 4.01. The van der Waals surface area contributed by atoms with Crippen molar-refractivity contribution in [1.29, 1.82) is 0 Å². The Kier molecular flexibility index (Phi) is 5.77. The molecule has 0 aliphatic carbocycles. The molecule has 1 atom stereocenters. The van der Waals surface area contributed by atoms with E-state index in [0.29, 0.717) is 11.9 Å². The fourth-order valence-electron chi connectivity index (χ4n) is 3.21. The third kappa shape index (κ3) is 4.76. The third-order valence-corrected chi connectivity index (χ3v) is 4.54. The maximum absolute atomic E-state index is 5.07. The van der Waals surface area contributed by atoms with Crippen LogP contribution in [0.1, 0.15) is 30.1 Å². The van der Waals surface area contributed by atoms with Gasteiger partial charge in [-0.1, -0.05) is 47.6 Å². The largest absolute Gasteiger partial charge is 0.340 e. The highest BCUT2D eigenvalue weighted by molar-refractivity contribution is 5.48. The molecule has 1 unspecified atom stereocenters. The van der Waals surface area contributed by atoms with Crippen LogP contribution >= 0.6 is 0 Å². The molecule has 1 fully saturated rings. The van der Waals surface area contributed by atoms with E-state index >= 15 is 0 Å². The topological polar surface area (TPSA) is 45.4 Å². The second-order valence-electron chi connectivity index (χ2n) is 6.51. The van der Waals surface area contributed by atoms with Gasteiger partial charge in [0, 0.05) is 26.1 Å². The maximum Gasteiger partial charge on any atom is 0.223 e. The summed E-state index contributed by atoms with van der Waals surface area (Å²) >= 11 is 0. The Morgan fingerprint density at radius 2 is 2.17 bits per heavy atom. The molecule has 1 saturated heterocycles. The van der Waals surface area contributed by atoms with Crippen molar-refractivity contribution in [2.75, 3.05) is 26.7 Å². The molecule has 1 aliphatic heterocycles. The van der Waals surface area contributed by atoms with Crippen molar-refractivity contribution in [3.05, 3.63) is 53.7 Å². The lowest BCUT2D eigenvalue weighted by atomic mass is 10.0. The van der Waals surface area contributed by atoms with Gasteiger partial charge in [0.1, 0.15) is 0 Å². The molecule has 0 amide bonds. The van der Waals surface area contributed by atoms with Crippen LogP contribution in [0.4, 0.5) is 0 Å². The first kappa shape index (κ1) is 16.9. The molecular weight excluding hydrogens is 300 g/mol. The Hall–Kier alpha value is -1.98. The van der Waals surface area contributed by atoms with Crippen LogP contribution in [0.15, 0.2) is 40.9 Å².